The van der Waals surface area contributed by atoms with E-state index in [1.807, 2.05) is 11.3 Å². The molecule has 1 aromatic rings. The standard InChI is InChI=1S/C18H30N2S/c1-5-14-8-9-15(21-14)11-20-12-17(18(2,3)4)19-10-16(20)13-6-7-13/h8-9,13,16-17,19H,5-7,10-12H2,1-4H3. The Morgan fingerprint density at radius 3 is 2.52 bits per heavy atom. The van der Waals surface area contributed by atoms with Crippen molar-refractivity contribution in [2.45, 2.75) is 65.6 Å². The van der Waals surface area contributed by atoms with Crippen LogP contribution in [-0.4, -0.2) is 30.1 Å². The summed E-state index contributed by atoms with van der Waals surface area (Å²) in [7, 11) is 0. The molecule has 1 saturated carbocycles. The van der Waals surface area contributed by atoms with Crippen LogP contribution in [0.1, 0.15) is 50.3 Å². The van der Waals surface area contributed by atoms with E-state index in [-0.39, 0.29) is 0 Å². The molecular weight excluding hydrogens is 276 g/mol. The molecule has 0 radical (unpaired) electrons. The van der Waals surface area contributed by atoms with Crippen LogP contribution < -0.4 is 5.32 Å². The third kappa shape index (κ3) is 3.69. The topological polar surface area (TPSA) is 15.3 Å². The summed E-state index contributed by atoms with van der Waals surface area (Å²) in [5.74, 6) is 0.948. The molecule has 21 heavy (non-hydrogen) atoms. The van der Waals surface area contributed by atoms with Crippen molar-refractivity contribution in [2.75, 3.05) is 13.1 Å². The Hall–Kier alpha value is -0.380. The summed E-state index contributed by atoms with van der Waals surface area (Å²) in [6.07, 6.45) is 4.05. The Labute approximate surface area is 133 Å². The highest BCUT2D eigenvalue weighted by molar-refractivity contribution is 7.11. The molecule has 0 aromatic carbocycles. The van der Waals surface area contributed by atoms with Gasteiger partial charge in [-0.1, -0.05) is 27.7 Å². The average Bonchev–Trinajstić information content (AvgIpc) is 3.18. The molecule has 3 rings (SSSR count). The Balaban J connectivity index is 1.70. The fourth-order valence-corrected chi connectivity index (χ4v) is 4.42. The first kappa shape index (κ1) is 15.5. The van der Waals surface area contributed by atoms with E-state index in [2.05, 4.69) is 50.0 Å². The van der Waals surface area contributed by atoms with Crippen molar-refractivity contribution in [3.8, 4) is 0 Å². The van der Waals surface area contributed by atoms with Crippen molar-refractivity contribution >= 4 is 11.3 Å². The van der Waals surface area contributed by atoms with Gasteiger partial charge < -0.3 is 5.32 Å². The molecule has 2 atom stereocenters. The van der Waals surface area contributed by atoms with Crippen molar-refractivity contribution in [1.82, 2.24) is 10.2 Å². The van der Waals surface area contributed by atoms with E-state index < -0.39 is 0 Å². The number of nitrogens with zero attached hydrogens (tertiary/aromatic N) is 1. The van der Waals surface area contributed by atoms with E-state index in [9.17, 15) is 0 Å². The van der Waals surface area contributed by atoms with Gasteiger partial charge in [0.25, 0.3) is 0 Å². The Morgan fingerprint density at radius 2 is 1.95 bits per heavy atom. The second kappa shape index (κ2) is 6.02. The smallest absolute Gasteiger partial charge is 0.0332 e. The lowest BCUT2D eigenvalue weighted by atomic mass is 9.84. The lowest BCUT2D eigenvalue weighted by Gasteiger charge is -2.45. The Morgan fingerprint density at radius 1 is 1.24 bits per heavy atom. The molecule has 0 bridgehead atoms. The molecule has 0 spiro atoms. The van der Waals surface area contributed by atoms with Gasteiger partial charge in [-0.05, 0) is 42.7 Å². The molecule has 1 saturated heterocycles. The van der Waals surface area contributed by atoms with Gasteiger partial charge in [-0.25, -0.2) is 0 Å². The minimum absolute atomic E-state index is 0.344. The molecule has 0 amide bonds. The summed E-state index contributed by atoms with van der Waals surface area (Å²) in [4.78, 5) is 5.84. The van der Waals surface area contributed by atoms with E-state index in [1.54, 1.807) is 4.88 Å². The highest BCUT2D eigenvalue weighted by Crippen LogP contribution is 2.38. The number of thiophene rings is 1. The van der Waals surface area contributed by atoms with Crippen molar-refractivity contribution in [3.05, 3.63) is 21.9 Å². The van der Waals surface area contributed by atoms with Crippen molar-refractivity contribution in [1.29, 1.82) is 0 Å². The van der Waals surface area contributed by atoms with Gasteiger partial charge in [-0.15, -0.1) is 11.3 Å². The second-order valence-corrected chi connectivity index (χ2v) is 9.14. The zero-order valence-corrected chi connectivity index (χ0v) is 14.8. The normalized spacial score (nSPS) is 28.0. The lowest BCUT2D eigenvalue weighted by molar-refractivity contribution is 0.0697. The van der Waals surface area contributed by atoms with Crippen LogP contribution >= 0.6 is 11.3 Å². The first-order valence-electron chi connectivity index (χ1n) is 8.52. The van der Waals surface area contributed by atoms with Crippen LogP contribution in [0.25, 0.3) is 0 Å². The van der Waals surface area contributed by atoms with E-state index in [4.69, 9.17) is 0 Å². The summed E-state index contributed by atoms with van der Waals surface area (Å²) in [5.41, 5.74) is 0.344. The Bertz CT molecular complexity index is 470. The van der Waals surface area contributed by atoms with Crippen LogP contribution in [-0.2, 0) is 13.0 Å². The second-order valence-electron chi connectivity index (χ2n) is 7.88. The third-order valence-corrected chi connectivity index (χ3v) is 6.31. The third-order valence-electron chi connectivity index (χ3n) is 5.10. The molecule has 2 nitrogen and oxygen atoms in total. The fourth-order valence-electron chi connectivity index (χ4n) is 3.43. The van der Waals surface area contributed by atoms with Gasteiger partial charge in [-0.3, -0.25) is 4.90 Å². The average molecular weight is 307 g/mol. The number of rotatable bonds is 4. The van der Waals surface area contributed by atoms with Gasteiger partial charge in [-0.2, -0.15) is 0 Å². The van der Waals surface area contributed by atoms with Gasteiger partial charge in [0.15, 0.2) is 0 Å². The molecule has 118 valence electrons. The van der Waals surface area contributed by atoms with Gasteiger partial charge in [0.2, 0.25) is 0 Å². The Kier molecular flexibility index (Phi) is 4.45. The maximum atomic E-state index is 3.82. The van der Waals surface area contributed by atoms with E-state index in [0.717, 1.165) is 18.5 Å². The predicted octanol–water partition coefficient (Wildman–Crippen LogP) is 3.91. The van der Waals surface area contributed by atoms with Crippen LogP contribution in [0, 0.1) is 11.3 Å². The number of piperazine rings is 1. The molecule has 1 aliphatic carbocycles. The van der Waals surface area contributed by atoms with Crippen molar-refractivity contribution in [3.63, 3.8) is 0 Å². The van der Waals surface area contributed by atoms with E-state index in [0.29, 0.717) is 11.5 Å². The summed E-state index contributed by atoms with van der Waals surface area (Å²) in [6, 6.07) is 6.03. The predicted molar refractivity (Wildman–Crippen MR) is 91.9 cm³/mol. The maximum absolute atomic E-state index is 3.82. The summed E-state index contributed by atoms with van der Waals surface area (Å²) in [5, 5.41) is 3.82. The number of nitrogens with one attached hydrogen (secondary N) is 1. The minimum Gasteiger partial charge on any atom is -0.311 e. The first-order chi connectivity index (χ1) is 9.97. The summed E-state index contributed by atoms with van der Waals surface area (Å²) in [6.45, 7) is 12.9. The first-order valence-corrected chi connectivity index (χ1v) is 9.34. The minimum atomic E-state index is 0.344. The van der Waals surface area contributed by atoms with E-state index >= 15 is 0 Å². The number of aryl methyl sites for hydroxylation is 1. The quantitative estimate of drug-likeness (QED) is 0.907. The molecule has 1 aromatic heterocycles. The van der Waals surface area contributed by atoms with E-state index in [1.165, 1.54) is 37.2 Å². The number of hydrogen-bond donors (Lipinski definition) is 1. The largest absolute Gasteiger partial charge is 0.311 e. The highest BCUT2D eigenvalue weighted by atomic mass is 32.1. The summed E-state index contributed by atoms with van der Waals surface area (Å²) >= 11 is 2.01. The van der Waals surface area contributed by atoms with Gasteiger partial charge in [0.1, 0.15) is 0 Å². The van der Waals surface area contributed by atoms with Gasteiger partial charge in [0, 0.05) is 41.5 Å². The zero-order chi connectivity index (χ0) is 15.0. The molecule has 2 aliphatic rings. The highest BCUT2D eigenvalue weighted by Gasteiger charge is 2.41. The molecule has 2 unspecified atom stereocenters. The van der Waals surface area contributed by atoms with Crippen molar-refractivity contribution < 1.29 is 0 Å². The zero-order valence-electron chi connectivity index (χ0n) is 14.0. The van der Waals surface area contributed by atoms with Crippen LogP contribution in [0.15, 0.2) is 12.1 Å². The SMILES string of the molecule is CCc1ccc(CN2CC(C(C)(C)C)NCC2C2CC2)s1. The molecule has 1 aliphatic heterocycles. The molecule has 3 heteroatoms. The summed E-state index contributed by atoms with van der Waals surface area (Å²) < 4.78 is 0. The monoisotopic (exact) mass is 306 g/mol. The number of hydrogen-bond acceptors (Lipinski definition) is 3. The fraction of sp³-hybridized carbons (Fsp3) is 0.778. The maximum Gasteiger partial charge on any atom is 0.0332 e. The van der Waals surface area contributed by atoms with Gasteiger partial charge in [0.05, 0.1) is 0 Å². The van der Waals surface area contributed by atoms with Crippen LogP contribution in [0.4, 0.5) is 0 Å². The van der Waals surface area contributed by atoms with Crippen LogP contribution in [0.5, 0.6) is 0 Å². The molecule has 1 N–H and O–H groups in total. The molecule has 2 heterocycles. The lowest BCUT2D eigenvalue weighted by Crippen LogP contribution is -2.60. The van der Waals surface area contributed by atoms with Crippen molar-refractivity contribution in [2.24, 2.45) is 11.3 Å². The molecule has 2 fully saturated rings. The van der Waals surface area contributed by atoms with Gasteiger partial charge >= 0.3 is 0 Å². The van der Waals surface area contributed by atoms with Crippen LogP contribution in [0.3, 0.4) is 0 Å². The van der Waals surface area contributed by atoms with Crippen LogP contribution in [0.2, 0.25) is 0 Å². The molecular formula is C18H30N2S.